The molecule has 4 fully saturated rings. The highest BCUT2D eigenvalue weighted by atomic mass is 16.4. The van der Waals surface area contributed by atoms with Crippen molar-refractivity contribution in [1.29, 1.82) is 0 Å². The van der Waals surface area contributed by atoms with Crippen LogP contribution in [0.2, 0.25) is 0 Å². The number of carboxylic acids is 1. The number of unbranched alkanes of at least 4 members (excludes halogenated alkanes) is 2. The Balaban J connectivity index is 1.02. The summed E-state index contributed by atoms with van der Waals surface area (Å²) in [7, 11) is 0. The fraction of sp³-hybridized carbons (Fsp3) is 0.609. The van der Waals surface area contributed by atoms with Crippen LogP contribution in [0.25, 0.3) is 17.2 Å². The van der Waals surface area contributed by atoms with Gasteiger partial charge in [-0.2, -0.15) is 0 Å². The molecule has 398 valence electrons. The smallest absolute Gasteiger partial charge is 0.306 e. The number of hydrogen-bond donors (Lipinski definition) is 5. The molecule has 0 radical (unpaired) electrons. The molecule has 6 heterocycles. The molecule has 0 amide bonds. The summed E-state index contributed by atoms with van der Waals surface area (Å²) >= 11 is 0. The van der Waals surface area contributed by atoms with Gasteiger partial charge in [-0.15, -0.1) is 0 Å². The van der Waals surface area contributed by atoms with E-state index < -0.39 is 18.0 Å². The Bertz CT molecular complexity index is 2930. The third kappa shape index (κ3) is 7.45. The number of rotatable bonds is 6. The van der Waals surface area contributed by atoms with E-state index in [1.165, 1.54) is 95.2 Å². The molecule has 15 aliphatic rings. The molecule has 6 nitrogen and oxygen atoms in total. The summed E-state index contributed by atoms with van der Waals surface area (Å²) in [5.41, 5.74) is 9.92. The number of dihydropyridines is 1. The molecule has 2 aromatic carbocycles. The molecule has 14 unspecified atom stereocenters. The largest absolute Gasteiger partial charge is 0.481 e. The summed E-state index contributed by atoms with van der Waals surface area (Å²) in [6.07, 6.45) is 36.7. The lowest BCUT2D eigenvalue weighted by atomic mass is 9.29. The van der Waals surface area contributed by atoms with Gasteiger partial charge in [0, 0.05) is 46.6 Å². The fourth-order valence-electron chi connectivity index (χ4n) is 21.1. The maximum atomic E-state index is 14.3. The van der Waals surface area contributed by atoms with Gasteiger partial charge in [0.1, 0.15) is 0 Å². The zero-order chi connectivity index (χ0) is 51.5. The van der Waals surface area contributed by atoms with Crippen molar-refractivity contribution >= 4 is 23.2 Å². The number of hydrogen-bond acceptors (Lipinski definition) is 5. The summed E-state index contributed by atoms with van der Waals surface area (Å²) < 4.78 is 0. The highest BCUT2D eigenvalue weighted by Crippen LogP contribution is 2.84. The minimum Gasteiger partial charge on any atom is -0.481 e. The molecule has 5 N–H and O–H groups in total. The summed E-state index contributed by atoms with van der Waals surface area (Å²) in [6, 6.07) is 18.6. The predicted octanol–water partition coefficient (Wildman–Crippen LogP) is 12.7. The number of fused-ring (bicyclic) bond motifs is 1. The van der Waals surface area contributed by atoms with Crippen molar-refractivity contribution < 1.29 is 20.1 Å². The topological polar surface area (TPSA) is 102 Å². The molecule has 2 aromatic rings. The highest BCUT2D eigenvalue weighted by molar-refractivity contribution is 5.78. The maximum Gasteiger partial charge on any atom is 0.306 e. The average molecular weight is 1010 g/mol. The van der Waals surface area contributed by atoms with E-state index in [2.05, 4.69) is 116 Å². The Morgan fingerprint density at radius 1 is 0.893 bits per heavy atom. The molecule has 17 rings (SSSR count). The van der Waals surface area contributed by atoms with Gasteiger partial charge < -0.3 is 26.0 Å². The quantitative estimate of drug-likeness (QED) is 0.146. The Labute approximate surface area is 448 Å². The Hall–Kier alpha value is -4.39. The van der Waals surface area contributed by atoms with Crippen LogP contribution in [0.3, 0.4) is 0 Å². The standard InChI is InChI=1S/C69H88N2O4/c1-5-6-8-21-49-26-27-50-38-57-58-40-67-32-15-31-65(3)60(73)30-33-68(57,64(65)67)56-37-47-19-11-12-22-52(47)54(55(56)39-67)36-44-16-13-20-46(35-44)48-25-29-61(71-42-48)70-34-14-23-51(45-17-9-7-10-18-45)43(2)24-28-53(63(74)75)62-59(72)41-69(49,58)66(50,62)4/h11-13,15-16,19-20,22,25,29,32,35,37,39,45,49-51,53,56,59-60,62,64,70-73H,2,5-10,14,17-18,21,23-24,26-28,30-31,33-34,36,38,40-42H2,1,3-4H3,(H,74,75). The summed E-state index contributed by atoms with van der Waals surface area (Å²) in [5.74, 6) is 1.39. The Morgan fingerprint density at radius 2 is 1.75 bits per heavy atom. The lowest BCUT2D eigenvalue weighted by molar-refractivity contribution is -0.176. The van der Waals surface area contributed by atoms with Gasteiger partial charge in [-0.1, -0.05) is 162 Å². The summed E-state index contributed by atoms with van der Waals surface area (Å²) in [6.45, 7) is 13.9. The molecule has 75 heavy (non-hydrogen) atoms. The first-order valence-electron chi connectivity index (χ1n) is 30.5. The van der Waals surface area contributed by atoms with E-state index in [1.807, 2.05) is 0 Å². The van der Waals surface area contributed by atoms with Crippen molar-refractivity contribution in [3.8, 4) is 0 Å². The molecule has 14 atom stereocenters. The maximum absolute atomic E-state index is 14.3. The van der Waals surface area contributed by atoms with Crippen LogP contribution >= 0.6 is 0 Å². The fourth-order valence-corrected chi connectivity index (χ4v) is 21.1. The number of aliphatic carboxylic acids is 1. The Morgan fingerprint density at radius 3 is 2.56 bits per heavy atom. The zero-order valence-corrected chi connectivity index (χ0v) is 45.8. The number of carbonyl (C=O) groups is 1. The number of carboxylic acid groups (broad SMARTS) is 1. The second-order valence-electron chi connectivity index (χ2n) is 27.1. The average Bonchev–Trinajstić information content (AvgIpc) is 3.96. The van der Waals surface area contributed by atoms with Crippen molar-refractivity contribution in [2.24, 2.45) is 74.4 Å². The normalized spacial score (nSPS) is 40.9. The first-order valence-corrected chi connectivity index (χ1v) is 30.5. The first-order chi connectivity index (χ1) is 36.4. The van der Waals surface area contributed by atoms with Gasteiger partial charge in [0.05, 0.1) is 23.9 Å². The molecule has 0 aromatic heterocycles. The second kappa shape index (κ2) is 18.9. The van der Waals surface area contributed by atoms with E-state index in [0.29, 0.717) is 37.0 Å². The summed E-state index contributed by atoms with van der Waals surface area (Å²) in [5, 5.41) is 47.8. The third-order valence-electron chi connectivity index (χ3n) is 24.0. The van der Waals surface area contributed by atoms with Crippen LogP contribution in [0.1, 0.15) is 167 Å². The molecule has 9 aliphatic carbocycles. The Kier molecular flexibility index (Phi) is 12.6. The van der Waals surface area contributed by atoms with Gasteiger partial charge >= 0.3 is 5.97 Å². The number of allylic oxidation sites excluding steroid dienone is 9. The molecule has 6 aliphatic heterocycles. The van der Waals surface area contributed by atoms with Crippen molar-refractivity contribution in [3.05, 3.63) is 135 Å². The molecule has 15 bridgehead atoms. The van der Waals surface area contributed by atoms with Gasteiger partial charge in [0.25, 0.3) is 0 Å². The van der Waals surface area contributed by atoms with Gasteiger partial charge in [-0.25, -0.2) is 0 Å². The molecule has 2 spiro atoms. The van der Waals surface area contributed by atoms with Crippen LogP contribution in [0, 0.1) is 74.4 Å². The lowest BCUT2D eigenvalue weighted by Crippen LogP contribution is -2.69. The molecule has 4 saturated carbocycles. The van der Waals surface area contributed by atoms with E-state index in [1.54, 1.807) is 11.1 Å². The van der Waals surface area contributed by atoms with Crippen LogP contribution in [0.15, 0.2) is 114 Å². The second-order valence-corrected chi connectivity index (χ2v) is 27.1. The van der Waals surface area contributed by atoms with E-state index in [4.69, 9.17) is 6.58 Å². The minimum atomic E-state index is -0.718. The molecular formula is C69H88N2O4. The summed E-state index contributed by atoms with van der Waals surface area (Å²) in [4.78, 5) is 14.3. The van der Waals surface area contributed by atoms with Crippen LogP contribution < -0.4 is 21.1 Å². The van der Waals surface area contributed by atoms with Crippen molar-refractivity contribution in [3.63, 3.8) is 0 Å². The third-order valence-corrected chi connectivity index (χ3v) is 24.0. The van der Waals surface area contributed by atoms with E-state index in [9.17, 15) is 20.1 Å². The molecule has 0 saturated heterocycles. The lowest BCUT2D eigenvalue weighted by Gasteiger charge is -2.74. The highest BCUT2D eigenvalue weighted by Gasteiger charge is 2.78. The molecule has 6 heteroatoms. The van der Waals surface area contributed by atoms with Crippen LogP contribution in [-0.4, -0.2) is 46.6 Å². The van der Waals surface area contributed by atoms with Crippen LogP contribution in [0.4, 0.5) is 0 Å². The number of aliphatic hydroxyl groups is 2. The van der Waals surface area contributed by atoms with Gasteiger partial charge in [-0.3, -0.25) is 4.79 Å². The SMILES string of the molecule is C=C1CCC(C(=O)O)C2C(O)CC34C5=C(CC(CCC3CCCCC)C24C)C23CCC(O)C4(C)CC=CC(C=C6C(=c7ccccc7=CC62)Cc2cccc(c2)C2=CC=C(NCCCC1C1CCCCC1)NC2)(C5)C43. The van der Waals surface area contributed by atoms with E-state index in [0.717, 1.165) is 89.5 Å². The zero-order valence-electron chi connectivity index (χ0n) is 45.8. The van der Waals surface area contributed by atoms with Crippen LogP contribution in [0.5, 0.6) is 0 Å². The number of benzene rings is 2. The first kappa shape index (κ1) is 50.1. The van der Waals surface area contributed by atoms with E-state index in [-0.39, 0.29) is 56.9 Å². The van der Waals surface area contributed by atoms with Crippen molar-refractivity contribution in [2.75, 3.05) is 13.1 Å². The molecular weight excluding hydrogens is 921 g/mol. The van der Waals surface area contributed by atoms with Gasteiger partial charge in [0.2, 0.25) is 0 Å². The van der Waals surface area contributed by atoms with Crippen molar-refractivity contribution in [2.45, 2.75) is 174 Å². The van der Waals surface area contributed by atoms with Crippen molar-refractivity contribution in [1.82, 2.24) is 10.6 Å². The van der Waals surface area contributed by atoms with Gasteiger partial charge in [0.15, 0.2) is 0 Å². The minimum absolute atomic E-state index is 0.143. The van der Waals surface area contributed by atoms with Crippen LogP contribution in [-0.2, 0) is 11.2 Å². The monoisotopic (exact) mass is 1010 g/mol. The number of nitrogens with one attached hydrogen (secondary N) is 2. The van der Waals surface area contributed by atoms with E-state index >= 15 is 0 Å². The van der Waals surface area contributed by atoms with Gasteiger partial charge in [-0.05, 0) is 182 Å². The number of aliphatic hydroxyl groups excluding tert-OH is 2. The predicted molar refractivity (Wildman–Crippen MR) is 303 cm³/mol.